The number of hydroxylamine groups is 2. The van der Waals surface area contributed by atoms with Gasteiger partial charge in [0.25, 0.3) is 0 Å². The van der Waals surface area contributed by atoms with E-state index in [-0.39, 0.29) is 0 Å². The summed E-state index contributed by atoms with van der Waals surface area (Å²) in [7, 11) is 0. The Morgan fingerprint density at radius 1 is 0.918 bits per heavy atom. The molecule has 1 heterocycles. The first-order chi connectivity index (χ1) is 23.4. The summed E-state index contributed by atoms with van der Waals surface area (Å²) in [5.41, 5.74) is 1.86. The molecule has 0 bridgehead atoms. The van der Waals surface area contributed by atoms with Gasteiger partial charge in [0, 0.05) is 19.7 Å². The van der Waals surface area contributed by atoms with Gasteiger partial charge in [0.05, 0.1) is 12.7 Å². The zero-order valence-corrected chi connectivity index (χ0v) is 32.2. The van der Waals surface area contributed by atoms with Crippen molar-refractivity contribution in [3.63, 3.8) is 0 Å². The van der Waals surface area contributed by atoms with Crippen molar-refractivity contribution < 1.29 is 35.1 Å². The Morgan fingerprint density at radius 3 is 2.45 bits per heavy atom. The van der Waals surface area contributed by atoms with Gasteiger partial charge in [0.2, 0.25) is 0 Å². The highest BCUT2D eigenvalue weighted by Crippen LogP contribution is 2.67. The minimum absolute atomic E-state index is 0.317. The lowest BCUT2D eigenvalue weighted by atomic mass is 9.47. The van der Waals surface area contributed by atoms with E-state index in [1.807, 2.05) is 0 Å². The third-order valence-corrected chi connectivity index (χ3v) is 15.4. The number of nitrogens with zero attached hydrogens (tertiary/aromatic N) is 1. The molecule has 284 valence electrons. The SMILES string of the molecule is CC(C)CCC[C@@H](C)[C@H]1CC[C@H]2[C@@H]3CC=C4CC(OCCCCN(O)CCCSC5OC(CO)C(O)C(O)C5O)CC[C@]4(C)[C@H]3CC[C@]12C. The van der Waals surface area contributed by atoms with Gasteiger partial charge in [0.1, 0.15) is 29.9 Å². The Hall–Kier alpha value is -0.230. The van der Waals surface area contributed by atoms with Gasteiger partial charge in [-0.15, -0.1) is 11.8 Å². The third kappa shape index (κ3) is 9.12. The fourth-order valence-corrected chi connectivity index (χ4v) is 12.3. The summed E-state index contributed by atoms with van der Waals surface area (Å²) in [4.78, 5) is 0. The average molecular weight is 710 g/mol. The highest BCUT2D eigenvalue weighted by molar-refractivity contribution is 7.99. The monoisotopic (exact) mass is 709 g/mol. The van der Waals surface area contributed by atoms with Crippen LogP contribution >= 0.6 is 11.8 Å². The number of unbranched alkanes of at least 4 members (excludes halogenated alkanes) is 1. The minimum atomic E-state index is -1.35. The molecule has 8 nitrogen and oxygen atoms in total. The van der Waals surface area contributed by atoms with Crippen LogP contribution in [0.2, 0.25) is 0 Å². The van der Waals surface area contributed by atoms with Crippen LogP contribution < -0.4 is 0 Å². The Bertz CT molecular complexity index is 1060. The number of hydrogen-bond donors (Lipinski definition) is 5. The fraction of sp³-hybridized carbons (Fsp3) is 0.950. The van der Waals surface area contributed by atoms with Gasteiger partial charge in [-0.25, -0.2) is 0 Å². The quantitative estimate of drug-likeness (QED) is 0.0630. The Labute approximate surface area is 301 Å². The highest BCUT2D eigenvalue weighted by Gasteiger charge is 2.59. The van der Waals surface area contributed by atoms with E-state index in [1.54, 1.807) is 5.57 Å². The number of fused-ring (bicyclic) bond motifs is 5. The van der Waals surface area contributed by atoms with Crippen molar-refractivity contribution in [3.8, 4) is 0 Å². The molecule has 0 aromatic heterocycles. The number of rotatable bonds is 17. The molecule has 5 rings (SSSR count). The van der Waals surface area contributed by atoms with E-state index in [2.05, 4.69) is 40.7 Å². The van der Waals surface area contributed by atoms with Crippen molar-refractivity contribution in [2.45, 2.75) is 160 Å². The van der Waals surface area contributed by atoms with E-state index < -0.39 is 36.5 Å². The largest absolute Gasteiger partial charge is 0.394 e. The van der Waals surface area contributed by atoms with Crippen LogP contribution in [-0.2, 0) is 9.47 Å². The zero-order valence-electron chi connectivity index (χ0n) is 31.3. The molecule has 1 aliphatic heterocycles. The van der Waals surface area contributed by atoms with Crippen molar-refractivity contribution in [3.05, 3.63) is 11.6 Å². The summed E-state index contributed by atoms with van der Waals surface area (Å²) in [5.74, 6) is 5.82. The zero-order chi connectivity index (χ0) is 35.3. The van der Waals surface area contributed by atoms with Gasteiger partial charge in [-0.3, -0.25) is 0 Å². The lowest BCUT2D eigenvalue weighted by Gasteiger charge is -2.58. The van der Waals surface area contributed by atoms with Crippen LogP contribution in [0.1, 0.15) is 125 Å². The molecule has 0 amide bonds. The van der Waals surface area contributed by atoms with Crippen LogP contribution in [0, 0.1) is 46.3 Å². The van der Waals surface area contributed by atoms with Gasteiger partial charge >= 0.3 is 0 Å². The van der Waals surface area contributed by atoms with Gasteiger partial charge < -0.3 is 35.1 Å². The van der Waals surface area contributed by atoms with E-state index in [0.29, 0.717) is 42.2 Å². The predicted molar refractivity (Wildman–Crippen MR) is 196 cm³/mol. The van der Waals surface area contributed by atoms with Crippen LogP contribution in [0.15, 0.2) is 11.6 Å². The second-order valence-corrected chi connectivity index (χ2v) is 18.8. The summed E-state index contributed by atoms with van der Waals surface area (Å²) >= 11 is 1.32. The molecular formula is C40H71NO7S. The molecule has 13 atom stereocenters. The number of thioether (sulfide) groups is 1. The van der Waals surface area contributed by atoms with E-state index in [0.717, 1.165) is 67.8 Å². The molecule has 49 heavy (non-hydrogen) atoms. The summed E-state index contributed by atoms with van der Waals surface area (Å²) in [6, 6.07) is 0. The van der Waals surface area contributed by atoms with Crippen LogP contribution in [0.5, 0.6) is 0 Å². The molecule has 1 saturated heterocycles. The summed E-state index contributed by atoms with van der Waals surface area (Å²) in [5, 5.41) is 51.1. The summed E-state index contributed by atoms with van der Waals surface area (Å²) < 4.78 is 12.0. The molecule has 0 radical (unpaired) electrons. The molecular weight excluding hydrogens is 639 g/mol. The normalized spacial score (nSPS) is 41.3. The van der Waals surface area contributed by atoms with Crippen LogP contribution in [0.3, 0.4) is 0 Å². The molecule has 6 unspecified atom stereocenters. The van der Waals surface area contributed by atoms with Gasteiger partial charge in [-0.2, -0.15) is 5.06 Å². The Morgan fingerprint density at radius 2 is 1.69 bits per heavy atom. The standard InChI is InChI=1S/C40H71NO7S/c1-26(2)10-8-11-27(3)31-14-15-32-30-13-12-28-24-29(16-18-39(28,4)33(30)17-19-40(31,32)5)47-22-7-6-20-41(46)21-9-23-49-38-37(45)36(44)35(43)34(25-42)48-38/h12,26-27,29-38,42-46H,6-11,13-25H2,1-5H3/t27-,29?,30+,31-,32+,33+,34?,35?,36?,37?,38?,39+,40-/m1/s1. The molecule has 9 heteroatoms. The molecule has 0 aromatic carbocycles. The molecule has 5 aliphatic rings. The van der Waals surface area contributed by atoms with Crippen molar-refractivity contribution in [2.75, 3.05) is 32.1 Å². The number of aliphatic hydroxyl groups excluding tert-OH is 4. The maximum absolute atomic E-state index is 10.4. The Kier molecular flexibility index (Phi) is 14.5. The third-order valence-electron chi connectivity index (χ3n) is 14.1. The average Bonchev–Trinajstić information content (AvgIpc) is 3.43. The summed E-state index contributed by atoms with van der Waals surface area (Å²) in [6.45, 7) is 14.0. The van der Waals surface area contributed by atoms with Gasteiger partial charge in [0.15, 0.2) is 0 Å². The summed E-state index contributed by atoms with van der Waals surface area (Å²) in [6.07, 6.45) is 15.4. The number of allylic oxidation sites excluding steroid dienone is 1. The highest BCUT2D eigenvalue weighted by atomic mass is 32.2. The topological polar surface area (TPSA) is 123 Å². The van der Waals surface area contributed by atoms with Crippen molar-refractivity contribution in [1.82, 2.24) is 5.06 Å². The molecule has 3 saturated carbocycles. The fourth-order valence-electron chi connectivity index (χ4n) is 11.2. The molecule has 5 N–H and O–H groups in total. The number of ether oxygens (including phenoxy) is 2. The van der Waals surface area contributed by atoms with Crippen molar-refractivity contribution >= 4 is 11.8 Å². The smallest absolute Gasteiger partial charge is 0.132 e. The van der Waals surface area contributed by atoms with Crippen molar-refractivity contribution in [2.24, 2.45) is 46.3 Å². The van der Waals surface area contributed by atoms with Gasteiger partial charge in [-0.05, 0) is 123 Å². The lowest BCUT2D eigenvalue weighted by Crippen LogP contribution is -2.57. The maximum atomic E-state index is 10.4. The Balaban J connectivity index is 0.988. The molecule has 4 aliphatic carbocycles. The predicted octanol–water partition coefficient (Wildman–Crippen LogP) is 6.81. The first-order valence-electron chi connectivity index (χ1n) is 20.1. The van der Waals surface area contributed by atoms with Crippen molar-refractivity contribution in [1.29, 1.82) is 0 Å². The first kappa shape index (κ1) is 40.0. The second-order valence-electron chi connectivity index (χ2n) is 17.6. The maximum Gasteiger partial charge on any atom is 0.132 e. The van der Waals surface area contributed by atoms with E-state index in [9.17, 15) is 25.6 Å². The molecule has 4 fully saturated rings. The van der Waals surface area contributed by atoms with Crippen LogP contribution in [0.4, 0.5) is 0 Å². The van der Waals surface area contributed by atoms with E-state index in [4.69, 9.17) is 9.47 Å². The van der Waals surface area contributed by atoms with Gasteiger partial charge in [-0.1, -0.05) is 65.5 Å². The first-order valence-corrected chi connectivity index (χ1v) is 21.1. The lowest BCUT2D eigenvalue weighted by molar-refractivity contribution is -0.205. The van der Waals surface area contributed by atoms with Crippen LogP contribution in [-0.4, -0.2) is 98.7 Å². The number of aliphatic hydroxyl groups is 4. The van der Waals surface area contributed by atoms with E-state index in [1.165, 1.54) is 74.6 Å². The second kappa shape index (κ2) is 17.7. The number of hydrogen-bond acceptors (Lipinski definition) is 9. The van der Waals surface area contributed by atoms with Crippen LogP contribution in [0.25, 0.3) is 0 Å². The molecule has 0 spiro atoms. The minimum Gasteiger partial charge on any atom is -0.394 e. The molecule has 0 aromatic rings. The van der Waals surface area contributed by atoms with E-state index >= 15 is 0 Å².